The molecule has 0 aromatic carbocycles. The molecule has 0 bridgehead atoms. The van der Waals surface area contributed by atoms with Crippen molar-refractivity contribution in [3.8, 4) is 16.6 Å². The second-order valence-electron chi connectivity index (χ2n) is 5.90. The van der Waals surface area contributed by atoms with E-state index in [2.05, 4.69) is 20.5 Å². The Morgan fingerprint density at radius 3 is 3.00 bits per heavy atom. The fraction of sp³-hybridized carbons (Fsp3) is 0.333. The summed E-state index contributed by atoms with van der Waals surface area (Å²) in [6.07, 6.45) is 1.65. The average molecular weight is 420 g/mol. The van der Waals surface area contributed by atoms with Gasteiger partial charge in [0, 0.05) is 25.4 Å². The molecule has 148 valence electrons. The van der Waals surface area contributed by atoms with E-state index >= 15 is 0 Å². The van der Waals surface area contributed by atoms with Crippen molar-refractivity contribution < 1.29 is 14.3 Å². The number of hydrogen-bond acceptors (Lipinski definition) is 7. The van der Waals surface area contributed by atoms with Crippen LogP contribution >= 0.6 is 23.6 Å². The van der Waals surface area contributed by atoms with E-state index < -0.39 is 6.04 Å². The lowest BCUT2D eigenvalue weighted by Crippen LogP contribution is -2.31. The van der Waals surface area contributed by atoms with Gasteiger partial charge in [-0.25, -0.2) is 4.98 Å². The van der Waals surface area contributed by atoms with Crippen molar-refractivity contribution in [2.75, 3.05) is 20.3 Å². The van der Waals surface area contributed by atoms with Gasteiger partial charge in [0.25, 0.3) is 0 Å². The quantitative estimate of drug-likeness (QED) is 0.409. The van der Waals surface area contributed by atoms with Crippen LogP contribution in [0, 0.1) is 4.77 Å². The molecule has 0 fully saturated rings. The van der Waals surface area contributed by atoms with Gasteiger partial charge in [0.15, 0.2) is 10.6 Å². The third kappa shape index (κ3) is 4.64. The fourth-order valence-corrected chi connectivity index (χ4v) is 3.60. The molecule has 0 aliphatic carbocycles. The minimum absolute atomic E-state index is 0.179. The monoisotopic (exact) mass is 419 g/mol. The Hall–Kier alpha value is -2.56. The van der Waals surface area contributed by atoms with Gasteiger partial charge in [-0.15, -0.1) is 11.3 Å². The molecule has 3 aromatic heterocycles. The Morgan fingerprint density at radius 1 is 1.39 bits per heavy atom. The van der Waals surface area contributed by atoms with Crippen molar-refractivity contribution in [3.63, 3.8) is 0 Å². The summed E-state index contributed by atoms with van der Waals surface area (Å²) in [7, 11) is 1.61. The maximum Gasteiger partial charge on any atom is 0.243 e. The molecule has 0 saturated carbocycles. The number of nitrogens with zero attached hydrogens (tertiary/aromatic N) is 3. The highest BCUT2D eigenvalue weighted by atomic mass is 32.1. The molecule has 3 rings (SSSR count). The molecule has 0 aliphatic rings. The van der Waals surface area contributed by atoms with Crippen LogP contribution in [0.1, 0.15) is 18.5 Å². The fourth-order valence-electron chi connectivity index (χ4n) is 2.60. The summed E-state index contributed by atoms with van der Waals surface area (Å²) in [6, 6.07) is 7.00. The highest BCUT2D eigenvalue weighted by molar-refractivity contribution is 7.71. The van der Waals surface area contributed by atoms with E-state index in [-0.39, 0.29) is 5.91 Å². The summed E-state index contributed by atoms with van der Waals surface area (Å²) in [6.45, 7) is 2.93. The largest absolute Gasteiger partial charge is 0.475 e. The van der Waals surface area contributed by atoms with Crippen LogP contribution in [0.4, 0.5) is 0 Å². The van der Waals surface area contributed by atoms with Gasteiger partial charge < -0.3 is 14.8 Å². The molecule has 0 saturated heterocycles. The Labute approximate surface area is 171 Å². The predicted molar refractivity (Wildman–Crippen MR) is 109 cm³/mol. The van der Waals surface area contributed by atoms with E-state index in [1.807, 2.05) is 23.6 Å². The molecular weight excluding hydrogens is 398 g/mol. The maximum atomic E-state index is 12.8. The molecule has 1 atom stereocenters. The third-order valence-electron chi connectivity index (χ3n) is 4.04. The Kier molecular flexibility index (Phi) is 6.90. The van der Waals surface area contributed by atoms with Gasteiger partial charge in [-0.2, -0.15) is 5.10 Å². The zero-order valence-electron chi connectivity index (χ0n) is 15.5. The molecule has 8 nitrogen and oxygen atoms in total. The number of aromatic amines is 1. The molecular formula is C18H21N5O3S2. The second-order valence-corrected chi connectivity index (χ2v) is 7.24. The number of carbonyl (C=O) groups is 1. The molecule has 1 amide bonds. The number of H-pyrrole nitrogens is 1. The number of carbonyl (C=O) groups excluding carboxylic acids is 1. The SMILES string of the molecule is COCCOc1ncccc1CNC(=O)C(C)n1c(-c2cccs2)n[nH]c1=S. The summed E-state index contributed by atoms with van der Waals surface area (Å²) in [5.74, 6) is 0.946. The lowest BCUT2D eigenvalue weighted by Gasteiger charge is -2.16. The molecule has 0 aliphatic heterocycles. The molecule has 28 heavy (non-hydrogen) atoms. The van der Waals surface area contributed by atoms with E-state index in [1.165, 1.54) is 11.3 Å². The number of amides is 1. The van der Waals surface area contributed by atoms with Gasteiger partial charge in [0.2, 0.25) is 11.8 Å². The van der Waals surface area contributed by atoms with Gasteiger partial charge in [-0.05, 0) is 36.7 Å². The maximum absolute atomic E-state index is 12.8. The van der Waals surface area contributed by atoms with Crippen molar-refractivity contribution in [1.82, 2.24) is 25.1 Å². The lowest BCUT2D eigenvalue weighted by atomic mass is 10.2. The molecule has 10 heteroatoms. The van der Waals surface area contributed by atoms with Crippen LogP contribution in [0.15, 0.2) is 35.8 Å². The van der Waals surface area contributed by atoms with E-state index in [0.29, 0.717) is 36.2 Å². The Bertz CT molecular complexity index is 968. The number of hydrogen-bond donors (Lipinski definition) is 2. The minimum Gasteiger partial charge on any atom is -0.475 e. The summed E-state index contributed by atoms with van der Waals surface area (Å²) in [5, 5.41) is 11.9. The zero-order chi connectivity index (χ0) is 19.9. The zero-order valence-corrected chi connectivity index (χ0v) is 17.2. The topological polar surface area (TPSA) is 94.1 Å². The van der Waals surface area contributed by atoms with Gasteiger partial charge in [0.1, 0.15) is 12.6 Å². The van der Waals surface area contributed by atoms with Gasteiger partial charge in [-0.1, -0.05) is 12.1 Å². The molecule has 3 heterocycles. The van der Waals surface area contributed by atoms with Crippen molar-refractivity contribution in [1.29, 1.82) is 0 Å². The first-order valence-electron chi connectivity index (χ1n) is 8.66. The summed E-state index contributed by atoms with van der Waals surface area (Å²) < 4.78 is 12.7. The van der Waals surface area contributed by atoms with E-state index in [9.17, 15) is 4.79 Å². The van der Waals surface area contributed by atoms with Crippen molar-refractivity contribution in [3.05, 3.63) is 46.2 Å². The number of rotatable bonds is 9. The number of ether oxygens (including phenoxy) is 2. The first-order chi connectivity index (χ1) is 13.6. The van der Waals surface area contributed by atoms with Crippen LogP contribution in [0.2, 0.25) is 0 Å². The summed E-state index contributed by atoms with van der Waals surface area (Å²) in [5.41, 5.74) is 0.786. The van der Waals surface area contributed by atoms with Crippen LogP contribution < -0.4 is 10.1 Å². The van der Waals surface area contributed by atoms with E-state index in [1.54, 1.807) is 30.9 Å². The van der Waals surface area contributed by atoms with Crippen LogP contribution in [0.5, 0.6) is 5.88 Å². The first kappa shape index (κ1) is 20.2. The number of pyridine rings is 1. The average Bonchev–Trinajstić information content (AvgIpc) is 3.36. The van der Waals surface area contributed by atoms with Gasteiger partial charge in [-0.3, -0.25) is 14.5 Å². The minimum atomic E-state index is -0.530. The van der Waals surface area contributed by atoms with Crippen LogP contribution in [-0.2, 0) is 16.1 Å². The summed E-state index contributed by atoms with van der Waals surface area (Å²) in [4.78, 5) is 17.9. The van der Waals surface area contributed by atoms with E-state index in [4.69, 9.17) is 21.7 Å². The first-order valence-corrected chi connectivity index (χ1v) is 9.94. The normalized spacial score (nSPS) is 11.9. The number of nitrogens with one attached hydrogen (secondary N) is 2. The van der Waals surface area contributed by atoms with Crippen molar-refractivity contribution in [2.24, 2.45) is 0 Å². The van der Waals surface area contributed by atoms with Crippen LogP contribution in [0.25, 0.3) is 10.7 Å². The van der Waals surface area contributed by atoms with Crippen molar-refractivity contribution >= 4 is 29.5 Å². The summed E-state index contributed by atoms with van der Waals surface area (Å²) >= 11 is 6.87. The van der Waals surface area contributed by atoms with Gasteiger partial charge >= 0.3 is 0 Å². The molecule has 1 unspecified atom stereocenters. The second kappa shape index (κ2) is 9.58. The highest BCUT2D eigenvalue weighted by Crippen LogP contribution is 2.25. The number of methoxy groups -OCH3 is 1. The van der Waals surface area contributed by atoms with Gasteiger partial charge in [0.05, 0.1) is 11.5 Å². The van der Waals surface area contributed by atoms with E-state index in [0.717, 1.165) is 10.4 Å². The highest BCUT2D eigenvalue weighted by Gasteiger charge is 2.21. The molecule has 2 N–H and O–H groups in total. The molecule has 0 spiro atoms. The molecule has 3 aromatic rings. The molecule has 0 radical (unpaired) electrons. The smallest absolute Gasteiger partial charge is 0.243 e. The predicted octanol–water partition coefficient (Wildman–Crippen LogP) is 2.97. The van der Waals surface area contributed by atoms with Crippen LogP contribution in [0.3, 0.4) is 0 Å². The standard InChI is InChI=1S/C18H21N5O3S2/c1-12(23-15(21-22-18(23)27)14-6-4-10-28-14)16(24)20-11-13-5-3-7-19-17(13)26-9-8-25-2/h3-7,10,12H,8-9,11H2,1-2H3,(H,20,24)(H,22,27). The number of aromatic nitrogens is 4. The lowest BCUT2D eigenvalue weighted by molar-refractivity contribution is -0.124. The Balaban J connectivity index is 1.70. The Morgan fingerprint density at radius 2 is 2.25 bits per heavy atom. The third-order valence-corrected chi connectivity index (χ3v) is 5.20. The van der Waals surface area contributed by atoms with Crippen molar-refractivity contribution in [2.45, 2.75) is 19.5 Å². The number of thiophene rings is 1. The van der Waals surface area contributed by atoms with Crippen LogP contribution in [-0.4, -0.2) is 46.0 Å².